The second kappa shape index (κ2) is 7.72. The molecule has 22 heavy (non-hydrogen) atoms. The summed E-state index contributed by atoms with van der Waals surface area (Å²) in [6.45, 7) is 5.51. The number of aliphatic carboxylic acids is 1. The van der Waals surface area contributed by atoms with E-state index in [1.165, 1.54) is 0 Å². The summed E-state index contributed by atoms with van der Waals surface area (Å²) >= 11 is 0. The van der Waals surface area contributed by atoms with Crippen LogP contribution in [0, 0.1) is 11.8 Å². The fraction of sp³-hybridized carbons (Fsp3) is 0.588. The minimum Gasteiger partial charge on any atom is -0.481 e. The van der Waals surface area contributed by atoms with E-state index in [1.54, 1.807) is 0 Å². The van der Waals surface area contributed by atoms with Crippen molar-refractivity contribution in [2.75, 3.05) is 19.8 Å². The Morgan fingerprint density at radius 3 is 2.41 bits per heavy atom. The number of rotatable bonds is 9. The Bertz CT molecular complexity index is 467. The molecule has 0 aromatic heterocycles. The van der Waals surface area contributed by atoms with Crippen LogP contribution in [0.25, 0.3) is 0 Å². The van der Waals surface area contributed by atoms with Crippen LogP contribution in [0.1, 0.15) is 25.8 Å². The zero-order valence-electron chi connectivity index (χ0n) is 13.2. The van der Waals surface area contributed by atoms with E-state index in [0.717, 1.165) is 5.56 Å². The predicted molar refractivity (Wildman–Crippen MR) is 81.3 cm³/mol. The highest BCUT2D eigenvalue weighted by Gasteiger charge is 2.59. The molecule has 2 atom stereocenters. The van der Waals surface area contributed by atoms with Crippen LogP contribution in [0.3, 0.4) is 0 Å². The molecule has 1 saturated carbocycles. The minimum absolute atomic E-state index is 0.284. The molecule has 0 bridgehead atoms. The third-order valence-corrected chi connectivity index (χ3v) is 4.06. The fourth-order valence-electron chi connectivity index (χ4n) is 2.99. The van der Waals surface area contributed by atoms with Gasteiger partial charge in [-0.15, -0.1) is 0 Å². The first-order valence-electron chi connectivity index (χ1n) is 7.75. The number of benzene rings is 1. The molecule has 2 rings (SSSR count). The first-order chi connectivity index (χ1) is 10.6. The lowest BCUT2D eigenvalue weighted by Crippen LogP contribution is -2.61. The Morgan fingerprint density at radius 2 is 1.86 bits per heavy atom. The predicted octanol–water partition coefficient (Wildman–Crippen LogP) is 2.69. The summed E-state index contributed by atoms with van der Waals surface area (Å²) in [5.41, 5.74) is 1.06. The molecule has 122 valence electrons. The van der Waals surface area contributed by atoms with Crippen LogP contribution >= 0.6 is 0 Å². The average molecular weight is 308 g/mol. The fourth-order valence-corrected chi connectivity index (χ4v) is 2.99. The molecule has 1 aromatic rings. The van der Waals surface area contributed by atoms with Gasteiger partial charge in [-0.25, -0.2) is 0 Å². The lowest BCUT2D eigenvalue weighted by molar-refractivity contribution is -0.333. The summed E-state index contributed by atoms with van der Waals surface area (Å²) in [4.78, 5) is 11.4. The Balaban J connectivity index is 1.97. The zero-order chi connectivity index (χ0) is 16.0. The van der Waals surface area contributed by atoms with Crippen molar-refractivity contribution >= 4 is 5.97 Å². The van der Waals surface area contributed by atoms with Crippen molar-refractivity contribution in [1.82, 2.24) is 0 Å². The molecule has 1 fully saturated rings. The highest BCUT2D eigenvalue weighted by Crippen LogP contribution is 2.48. The summed E-state index contributed by atoms with van der Waals surface area (Å²) in [7, 11) is 0. The van der Waals surface area contributed by atoms with E-state index < -0.39 is 17.7 Å². The van der Waals surface area contributed by atoms with Gasteiger partial charge < -0.3 is 19.3 Å². The number of hydrogen-bond acceptors (Lipinski definition) is 4. The van der Waals surface area contributed by atoms with Crippen molar-refractivity contribution in [3.8, 4) is 0 Å². The number of carboxylic acid groups (broad SMARTS) is 1. The molecule has 0 spiro atoms. The van der Waals surface area contributed by atoms with E-state index in [9.17, 15) is 9.90 Å². The van der Waals surface area contributed by atoms with Crippen LogP contribution in [0.5, 0.6) is 0 Å². The van der Waals surface area contributed by atoms with Crippen LogP contribution < -0.4 is 0 Å². The molecule has 5 heteroatoms. The molecule has 0 heterocycles. The molecular weight excluding hydrogens is 284 g/mol. The lowest BCUT2D eigenvalue weighted by Gasteiger charge is -2.51. The first-order valence-corrected chi connectivity index (χ1v) is 7.75. The second-order valence-electron chi connectivity index (χ2n) is 5.43. The molecule has 0 radical (unpaired) electrons. The molecule has 0 saturated heterocycles. The molecule has 0 aliphatic heterocycles. The van der Waals surface area contributed by atoms with E-state index >= 15 is 0 Å². The SMILES string of the molecule is CCOC1(OCC)CC(C(=O)O)C1COCc1ccccc1. The van der Waals surface area contributed by atoms with Crippen LogP contribution in [0.2, 0.25) is 0 Å². The summed E-state index contributed by atoms with van der Waals surface area (Å²) in [6.07, 6.45) is 0.378. The Hall–Kier alpha value is -1.43. The summed E-state index contributed by atoms with van der Waals surface area (Å²) in [6, 6.07) is 9.81. The number of carbonyl (C=O) groups is 1. The van der Waals surface area contributed by atoms with Crippen molar-refractivity contribution in [3.63, 3.8) is 0 Å². The maximum atomic E-state index is 11.4. The van der Waals surface area contributed by atoms with Gasteiger partial charge in [0.1, 0.15) is 0 Å². The quantitative estimate of drug-likeness (QED) is 0.711. The van der Waals surface area contributed by atoms with Gasteiger partial charge in [-0.1, -0.05) is 30.3 Å². The second-order valence-corrected chi connectivity index (χ2v) is 5.43. The van der Waals surface area contributed by atoms with E-state index in [2.05, 4.69) is 0 Å². The van der Waals surface area contributed by atoms with Gasteiger partial charge in [0, 0.05) is 25.6 Å². The number of ether oxygens (including phenoxy) is 3. The monoisotopic (exact) mass is 308 g/mol. The van der Waals surface area contributed by atoms with Crippen molar-refractivity contribution in [2.24, 2.45) is 11.8 Å². The molecule has 5 nitrogen and oxygen atoms in total. The summed E-state index contributed by atoms with van der Waals surface area (Å²) in [5.74, 6) is -2.39. The van der Waals surface area contributed by atoms with E-state index in [-0.39, 0.29) is 5.92 Å². The first kappa shape index (κ1) is 16.9. The molecule has 1 aliphatic rings. The van der Waals surface area contributed by atoms with Gasteiger partial charge >= 0.3 is 5.97 Å². The summed E-state index contributed by atoms with van der Waals surface area (Å²) < 4.78 is 17.2. The highest BCUT2D eigenvalue weighted by molar-refractivity contribution is 5.72. The smallest absolute Gasteiger partial charge is 0.307 e. The van der Waals surface area contributed by atoms with Crippen molar-refractivity contribution in [2.45, 2.75) is 32.7 Å². The van der Waals surface area contributed by atoms with Crippen LogP contribution in [-0.4, -0.2) is 36.7 Å². The van der Waals surface area contributed by atoms with Gasteiger partial charge in [-0.2, -0.15) is 0 Å². The van der Waals surface area contributed by atoms with E-state index in [4.69, 9.17) is 14.2 Å². The van der Waals surface area contributed by atoms with Crippen LogP contribution in [0.15, 0.2) is 30.3 Å². The van der Waals surface area contributed by atoms with Crippen molar-refractivity contribution in [1.29, 1.82) is 0 Å². The van der Waals surface area contributed by atoms with Gasteiger partial charge in [0.15, 0.2) is 5.79 Å². The number of hydrogen-bond donors (Lipinski definition) is 1. The minimum atomic E-state index is -0.816. The van der Waals surface area contributed by atoms with Gasteiger partial charge in [0.2, 0.25) is 0 Å². The topological polar surface area (TPSA) is 65.0 Å². The number of carboxylic acids is 1. The Labute approximate surface area is 131 Å². The van der Waals surface area contributed by atoms with Gasteiger partial charge in [0.05, 0.1) is 19.1 Å². The lowest BCUT2D eigenvalue weighted by atomic mass is 9.68. The van der Waals surface area contributed by atoms with Crippen LogP contribution in [0.4, 0.5) is 0 Å². The Morgan fingerprint density at radius 1 is 1.23 bits per heavy atom. The molecule has 1 N–H and O–H groups in total. The molecule has 1 aromatic carbocycles. The maximum Gasteiger partial charge on any atom is 0.307 e. The van der Waals surface area contributed by atoms with Gasteiger partial charge in [0.25, 0.3) is 0 Å². The van der Waals surface area contributed by atoms with Gasteiger partial charge in [-0.3, -0.25) is 4.79 Å². The summed E-state index contributed by atoms with van der Waals surface area (Å²) in [5, 5.41) is 9.32. The molecule has 2 unspecified atom stereocenters. The zero-order valence-corrected chi connectivity index (χ0v) is 13.2. The van der Waals surface area contributed by atoms with E-state index in [0.29, 0.717) is 32.8 Å². The van der Waals surface area contributed by atoms with Crippen LogP contribution in [-0.2, 0) is 25.6 Å². The van der Waals surface area contributed by atoms with Gasteiger partial charge in [-0.05, 0) is 19.4 Å². The Kier molecular flexibility index (Phi) is 5.94. The average Bonchev–Trinajstić information content (AvgIpc) is 2.50. The molecular formula is C17H24O5. The largest absolute Gasteiger partial charge is 0.481 e. The third-order valence-electron chi connectivity index (χ3n) is 4.06. The van der Waals surface area contributed by atoms with E-state index in [1.807, 2.05) is 44.2 Å². The standard InChI is InChI=1S/C17H24O5/c1-3-21-17(22-4-2)10-14(16(18)19)15(17)12-20-11-13-8-6-5-7-9-13/h5-9,14-15H,3-4,10-12H2,1-2H3,(H,18,19). The molecule has 1 aliphatic carbocycles. The van der Waals surface area contributed by atoms with Crippen molar-refractivity contribution < 1.29 is 24.1 Å². The molecule has 0 amide bonds. The third kappa shape index (κ3) is 3.66. The highest BCUT2D eigenvalue weighted by atomic mass is 16.7. The van der Waals surface area contributed by atoms with Crippen molar-refractivity contribution in [3.05, 3.63) is 35.9 Å². The maximum absolute atomic E-state index is 11.4. The normalized spacial score (nSPS) is 23.0.